The van der Waals surface area contributed by atoms with Crippen LogP contribution < -0.4 is 9.64 Å². The van der Waals surface area contributed by atoms with Gasteiger partial charge in [0.05, 0.1) is 13.2 Å². The zero-order valence-corrected chi connectivity index (χ0v) is 11.6. The monoisotopic (exact) mass is 258 g/mol. The number of methoxy groups -OCH3 is 1. The van der Waals surface area contributed by atoms with Crippen LogP contribution in [0.4, 0.5) is 5.69 Å². The molecule has 0 spiro atoms. The van der Waals surface area contributed by atoms with Gasteiger partial charge in [-0.15, -0.1) is 0 Å². The van der Waals surface area contributed by atoms with Crippen molar-refractivity contribution in [3.8, 4) is 11.8 Å². The van der Waals surface area contributed by atoms with Crippen LogP contribution in [0.15, 0.2) is 18.2 Å². The lowest BCUT2D eigenvalue weighted by Crippen LogP contribution is -2.33. The molecule has 0 unspecified atom stereocenters. The second kappa shape index (κ2) is 4.93. The molecule has 0 saturated heterocycles. The fourth-order valence-electron chi connectivity index (χ4n) is 2.19. The molecule has 2 rings (SSSR count). The Hall–Kier alpha value is -2.02. The number of hydrogen-bond donors (Lipinski definition) is 0. The van der Waals surface area contributed by atoms with Crippen molar-refractivity contribution >= 4 is 11.6 Å². The van der Waals surface area contributed by atoms with E-state index in [0.717, 1.165) is 23.4 Å². The van der Waals surface area contributed by atoms with Crippen molar-refractivity contribution in [1.82, 2.24) is 0 Å². The Balaban J connectivity index is 2.27. The highest BCUT2D eigenvalue weighted by atomic mass is 16.5. The maximum Gasteiger partial charge on any atom is 0.247 e. The van der Waals surface area contributed by atoms with Crippen molar-refractivity contribution in [2.75, 3.05) is 19.1 Å². The summed E-state index contributed by atoms with van der Waals surface area (Å²) < 4.78 is 5.28. The van der Waals surface area contributed by atoms with E-state index in [0.29, 0.717) is 12.8 Å². The Kier molecular flexibility index (Phi) is 3.48. The molecule has 4 nitrogen and oxygen atoms in total. The normalized spacial score (nSPS) is 15.5. The van der Waals surface area contributed by atoms with Gasteiger partial charge in [-0.1, -0.05) is 6.92 Å². The van der Waals surface area contributed by atoms with Crippen LogP contribution in [0.3, 0.4) is 0 Å². The first kappa shape index (κ1) is 13.4. The molecule has 1 fully saturated rings. The summed E-state index contributed by atoms with van der Waals surface area (Å²) in [4.78, 5) is 13.9. The summed E-state index contributed by atoms with van der Waals surface area (Å²) in [6, 6.07) is 7.80. The first-order chi connectivity index (χ1) is 9.07. The Morgan fingerprint density at radius 3 is 2.68 bits per heavy atom. The number of benzene rings is 1. The molecule has 4 heteroatoms. The number of ether oxygens (including phenoxy) is 1. The lowest BCUT2D eigenvalue weighted by Gasteiger charge is -2.21. The van der Waals surface area contributed by atoms with Gasteiger partial charge in [0.25, 0.3) is 0 Å². The van der Waals surface area contributed by atoms with Gasteiger partial charge >= 0.3 is 0 Å². The molecule has 0 N–H and O–H groups in total. The Labute approximate surface area is 113 Å². The molecule has 1 amide bonds. The third-order valence-corrected chi connectivity index (χ3v) is 3.71. The maximum absolute atomic E-state index is 12.3. The number of nitriles is 1. The summed E-state index contributed by atoms with van der Waals surface area (Å²) in [7, 11) is 3.36. The van der Waals surface area contributed by atoms with Gasteiger partial charge in [-0.25, -0.2) is 0 Å². The van der Waals surface area contributed by atoms with Gasteiger partial charge in [0.1, 0.15) is 11.2 Å². The van der Waals surface area contributed by atoms with E-state index in [1.54, 1.807) is 19.1 Å². The molecule has 19 heavy (non-hydrogen) atoms. The van der Waals surface area contributed by atoms with Gasteiger partial charge < -0.3 is 9.64 Å². The summed E-state index contributed by atoms with van der Waals surface area (Å²) in [5.74, 6) is 0.718. The molecule has 1 saturated carbocycles. The van der Waals surface area contributed by atoms with Crippen molar-refractivity contribution < 1.29 is 9.53 Å². The molecular formula is C15H18N2O2. The predicted molar refractivity (Wildman–Crippen MR) is 73.1 cm³/mol. The zero-order valence-electron chi connectivity index (χ0n) is 11.6. The van der Waals surface area contributed by atoms with Crippen molar-refractivity contribution in [3.05, 3.63) is 23.8 Å². The predicted octanol–water partition coefficient (Wildman–Crippen LogP) is 2.52. The molecule has 0 aromatic heterocycles. The van der Waals surface area contributed by atoms with Gasteiger partial charge in [0.2, 0.25) is 5.91 Å². The smallest absolute Gasteiger partial charge is 0.247 e. The molecule has 1 aromatic carbocycles. The van der Waals surface area contributed by atoms with Crippen LogP contribution in [-0.2, 0) is 11.2 Å². The van der Waals surface area contributed by atoms with E-state index in [1.807, 2.05) is 25.1 Å². The van der Waals surface area contributed by atoms with Gasteiger partial charge in [0, 0.05) is 12.7 Å². The highest BCUT2D eigenvalue weighted by Gasteiger charge is 2.52. The number of carbonyl (C=O) groups excluding carboxylic acids is 1. The van der Waals surface area contributed by atoms with Gasteiger partial charge in [0.15, 0.2) is 0 Å². The molecule has 1 aromatic rings. The average Bonchev–Trinajstić information content (AvgIpc) is 3.26. The van der Waals surface area contributed by atoms with Crippen LogP contribution in [0.5, 0.6) is 5.75 Å². The van der Waals surface area contributed by atoms with Crippen LogP contribution in [0.25, 0.3) is 0 Å². The second-order valence-electron chi connectivity index (χ2n) is 4.91. The molecule has 0 radical (unpaired) electrons. The van der Waals surface area contributed by atoms with Crippen molar-refractivity contribution in [3.63, 3.8) is 0 Å². The highest BCUT2D eigenvalue weighted by Crippen LogP contribution is 2.47. The second-order valence-corrected chi connectivity index (χ2v) is 4.91. The van der Waals surface area contributed by atoms with E-state index < -0.39 is 5.41 Å². The quantitative estimate of drug-likeness (QED) is 0.833. The maximum atomic E-state index is 12.3. The van der Waals surface area contributed by atoms with Gasteiger partial charge in [-0.2, -0.15) is 5.26 Å². The van der Waals surface area contributed by atoms with Crippen molar-refractivity contribution in [2.45, 2.75) is 26.2 Å². The average molecular weight is 258 g/mol. The minimum atomic E-state index is -0.777. The first-order valence-corrected chi connectivity index (χ1v) is 6.44. The largest absolute Gasteiger partial charge is 0.496 e. The molecule has 1 aliphatic rings. The van der Waals surface area contributed by atoms with Crippen LogP contribution in [0, 0.1) is 16.7 Å². The molecule has 100 valence electrons. The Morgan fingerprint density at radius 1 is 1.53 bits per heavy atom. The van der Waals surface area contributed by atoms with Gasteiger partial charge in [-0.3, -0.25) is 4.79 Å². The standard InChI is InChI=1S/C15H18N2O2/c1-4-11-9-12(5-6-13(11)19-3)17(2)14(18)15(10-16)7-8-15/h5-6,9H,4,7-8H2,1-3H3. The Morgan fingerprint density at radius 2 is 2.21 bits per heavy atom. The van der Waals surface area contributed by atoms with E-state index in [9.17, 15) is 4.79 Å². The fourth-order valence-corrected chi connectivity index (χ4v) is 2.19. The summed E-state index contributed by atoms with van der Waals surface area (Å²) in [5.41, 5.74) is 1.09. The molecule has 1 aliphatic carbocycles. The summed E-state index contributed by atoms with van der Waals surface area (Å²) in [6.45, 7) is 2.04. The molecule has 0 atom stereocenters. The van der Waals surface area contributed by atoms with Crippen LogP contribution in [-0.4, -0.2) is 20.1 Å². The van der Waals surface area contributed by atoms with E-state index in [2.05, 4.69) is 6.07 Å². The van der Waals surface area contributed by atoms with Crippen LogP contribution >= 0.6 is 0 Å². The topological polar surface area (TPSA) is 53.3 Å². The molecule has 0 bridgehead atoms. The fraction of sp³-hybridized carbons (Fsp3) is 0.467. The molecule has 0 aliphatic heterocycles. The molecule has 0 heterocycles. The lowest BCUT2D eigenvalue weighted by atomic mass is 10.1. The summed E-state index contributed by atoms with van der Waals surface area (Å²) in [5, 5.41) is 9.09. The zero-order chi connectivity index (χ0) is 14.0. The van der Waals surface area contributed by atoms with Crippen molar-refractivity contribution in [1.29, 1.82) is 5.26 Å². The number of aryl methyl sites for hydroxylation is 1. The Bertz CT molecular complexity index is 542. The summed E-state index contributed by atoms with van der Waals surface area (Å²) >= 11 is 0. The van der Waals surface area contributed by atoms with Crippen LogP contribution in [0.2, 0.25) is 0 Å². The number of carbonyl (C=O) groups is 1. The molecular weight excluding hydrogens is 240 g/mol. The number of anilines is 1. The van der Waals surface area contributed by atoms with E-state index in [4.69, 9.17) is 10.00 Å². The number of nitrogens with zero attached hydrogens (tertiary/aromatic N) is 2. The minimum Gasteiger partial charge on any atom is -0.496 e. The first-order valence-electron chi connectivity index (χ1n) is 6.44. The number of amides is 1. The minimum absolute atomic E-state index is 0.109. The van der Waals surface area contributed by atoms with Crippen LogP contribution in [0.1, 0.15) is 25.3 Å². The van der Waals surface area contributed by atoms with E-state index >= 15 is 0 Å². The van der Waals surface area contributed by atoms with E-state index in [-0.39, 0.29) is 5.91 Å². The van der Waals surface area contributed by atoms with Crippen molar-refractivity contribution in [2.24, 2.45) is 5.41 Å². The van der Waals surface area contributed by atoms with E-state index in [1.165, 1.54) is 0 Å². The number of hydrogen-bond acceptors (Lipinski definition) is 3. The summed E-state index contributed by atoms with van der Waals surface area (Å²) in [6.07, 6.45) is 2.18. The third-order valence-electron chi connectivity index (χ3n) is 3.71. The van der Waals surface area contributed by atoms with Gasteiger partial charge in [-0.05, 0) is 43.0 Å². The SMILES string of the molecule is CCc1cc(N(C)C(=O)C2(C#N)CC2)ccc1OC. The number of rotatable bonds is 4. The lowest BCUT2D eigenvalue weighted by molar-refractivity contribution is -0.121. The highest BCUT2D eigenvalue weighted by molar-refractivity contribution is 6.00. The third kappa shape index (κ3) is 2.28.